The van der Waals surface area contributed by atoms with Crippen molar-refractivity contribution in [3.05, 3.63) is 4.91 Å². The molecule has 6 atom stereocenters. The summed E-state index contributed by atoms with van der Waals surface area (Å²) in [6, 6.07) is 0. The Bertz CT molecular complexity index is 309. The van der Waals surface area contributed by atoms with E-state index in [2.05, 4.69) is 5.18 Å². The number of hydrogen-bond acceptors (Lipinski definition) is 4. The highest BCUT2D eigenvalue weighted by molar-refractivity contribution is 5.05. The molecule has 0 aliphatic heterocycles. The van der Waals surface area contributed by atoms with Crippen molar-refractivity contribution in [2.75, 3.05) is 0 Å². The molecular formula is C12H19NO3. The van der Waals surface area contributed by atoms with E-state index in [0.29, 0.717) is 17.8 Å². The van der Waals surface area contributed by atoms with E-state index in [1.807, 2.05) is 0 Å². The Labute approximate surface area is 95.0 Å². The van der Waals surface area contributed by atoms with Gasteiger partial charge in [-0.15, -0.1) is 4.91 Å². The molecule has 0 amide bonds. The predicted octanol–water partition coefficient (Wildman–Crippen LogP) is 1.65. The molecule has 0 aromatic heterocycles. The number of aliphatic hydroxyl groups is 2. The SMILES string of the molecule is O=N[C@@H](O)C12CC3CCC(O)C(C1)C(C3)C2. The molecule has 3 aliphatic carbocycles. The molecule has 3 saturated carbocycles. The molecule has 4 nitrogen and oxygen atoms in total. The van der Waals surface area contributed by atoms with Gasteiger partial charge in [-0.3, -0.25) is 0 Å². The van der Waals surface area contributed by atoms with Crippen LogP contribution in [0.2, 0.25) is 0 Å². The van der Waals surface area contributed by atoms with Gasteiger partial charge in [0.05, 0.1) is 6.10 Å². The normalized spacial score (nSPS) is 52.4. The summed E-state index contributed by atoms with van der Waals surface area (Å²) in [6.45, 7) is 0. The van der Waals surface area contributed by atoms with E-state index in [1.54, 1.807) is 0 Å². The maximum atomic E-state index is 10.6. The summed E-state index contributed by atoms with van der Waals surface area (Å²) < 4.78 is 0. The first-order valence-corrected chi connectivity index (χ1v) is 6.33. The maximum Gasteiger partial charge on any atom is 0.192 e. The van der Waals surface area contributed by atoms with Crippen molar-refractivity contribution in [3.8, 4) is 0 Å². The third kappa shape index (κ3) is 1.36. The molecule has 2 N–H and O–H groups in total. The molecule has 3 fully saturated rings. The van der Waals surface area contributed by atoms with Gasteiger partial charge in [0.1, 0.15) is 0 Å². The summed E-state index contributed by atoms with van der Waals surface area (Å²) in [6.07, 6.45) is 4.44. The summed E-state index contributed by atoms with van der Waals surface area (Å²) in [4.78, 5) is 10.6. The summed E-state index contributed by atoms with van der Waals surface area (Å²) in [5.41, 5.74) is -0.304. The van der Waals surface area contributed by atoms with Crippen molar-refractivity contribution in [2.24, 2.45) is 28.3 Å². The van der Waals surface area contributed by atoms with E-state index in [0.717, 1.165) is 32.1 Å². The van der Waals surface area contributed by atoms with Crippen LogP contribution in [0.25, 0.3) is 0 Å². The second-order valence-corrected chi connectivity index (χ2v) is 6.12. The van der Waals surface area contributed by atoms with Crippen LogP contribution in [0.4, 0.5) is 0 Å². The van der Waals surface area contributed by atoms with Crippen molar-refractivity contribution in [1.82, 2.24) is 0 Å². The van der Waals surface area contributed by atoms with Crippen molar-refractivity contribution in [2.45, 2.75) is 50.9 Å². The van der Waals surface area contributed by atoms with E-state index in [4.69, 9.17) is 0 Å². The number of hydrogen-bond donors (Lipinski definition) is 2. The molecule has 90 valence electrons. The molecule has 0 heterocycles. The fraction of sp³-hybridized carbons (Fsp3) is 1.00. The third-order valence-electron chi connectivity index (χ3n) is 5.26. The van der Waals surface area contributed by atoms with E-state index in [9.17, 15) is 15.1 Å². The maximum absolute atomic E-state index is 10.6. The number of rotatable bonds is 2. The minimum Gasteiger partial charge on any atom is -0.393 e. The predicted molar refractivity (Wildman–Crippen MR) is 58.4 cm³/mol. The quantitative estimate of drug-likeness (QED) is 0.702. The molecule has 16 heavy (non-hydrogen) atoms. The molecule has 3 bridgehead atoms. The monoisotopic (exact) mass is 225 g/mol. The number of nitroso groups, excluding NO2 is 1. The number of fused-ring (bicyclic) bond motifs is 2. The van der Waals surface area contributed by atoms with Crippen LogP contribution in [-0.2, 0) is 0 Å². The highest BCUT2D eigenvalue weighted by Crippen LogP contribution is 2.61. The molecule has 0 spiro atoms. The van der Waals surface area contributed by atoms with Crippen molar-refractivity contribution in [1.29, 1.82) is 0 Å². The van der Waals surface area contributed by atoms with Crippen molar-refractivity contribution >= 4 is 0 Å². The summed E-state index contributed by atoms with van der Waals surface area (Å²) in [5, 5.41) is 22.8. The standard InChI is InChI=1S/C12H19NO3/c14-10-2-1-7-3-8-5-12(4-7,6-9(8)10)11(15)13-16/h7-11,14-15H,1-6H2/t7?,8?,9?,10?,11-,12?/m0/s1. The van der Waals surface area contributed by atoms with Crippen LogP contribution in [0.5, 0.6) is 0 Å². The van der Waals surface area contributed by atoms with E-state index < -0.39 is 6.23 Å². The highest BCUT2D eigenvalue weighted by atomic mass is 16.3. The van der Waals surface area contributed by atoms with Gasteiger partial charge in [0.25, 0.3) is 0 Å². The van der Waals surface area contributed by atoms with Crippen LogP contribution in [0.1, 0.15) is 38.5 Å². The van der Waals surface area contributed by atoms with E-state index in [-0.39, 0.29) is 11.5 Å². The molecule has 3 rings (SSSR count). The topological polar surface area (TPSA) is 69.9 Å². The average molecular weight is 225 g/mol. The number of aliphatic hydroxyl groups excluding tert-OH is 2. The Hall–Kier alpha value is -0.480. The lowest BCUT2D eigenvalue weighted by molar-refractivity contribution is -0.0125. The van der Waals surface area contributed by atoms with Crippen LogP contribution >= 0.6 is 0 Å². The lowest BCUT2D eigenvalue weighted by atomic mass is 9.69. The van der Waals surface area contributed by atoms with Crippen molar-refractivity contribution < 1.29 is 10.2 Å². The van der Waals surface area contributed by atoms with Gasteiger partial charge in [-0.1, -0.05) is 0 Å². The Morgan fingerprint density at radius 1 is 1.25 bits per heavy atom. The second kappa shape index (κ2) is 3.50. The van der Waals surface area contributed by atoms with Gasteiger partial charge < -0.3 is 10.2 Å². The minimum atomic E-state index is -1.06. The molecule has 0 aromatic rings. The fourth-order valence-electron chi connectivity index (χ4n) is 4.62. The van der Waals surface area contributed by atoms with Crippen LogP contribution in [0, 0.1) is 28.1 Å². The highest BCUT2D eigenvalue weighted by Gasteiger charge is 2.57. The van der Waals surface area contributed by atoms with E-state index in [1.165, 1.54) is 6.42 Å². The zero-order valence-corrected chi connectivity index (χ0v) is 9.38. The Morgan fingerprint density at radius 3 is 2.81 bits per heavy atom. The second-order valence-electron chi connectivity index (χ2n) is 6.12. The van der Waals surface area contributed by atoms with Gasteiger partial charge in [-0.25, -0.2) is 0 Å². The fourth-order valence-corrected chi connectivity index (χ4v) is 4.62. The summed E-state index contributed by atoms with van der Waals surface area (Å²) in [7, 11) is 0. The van der Waals surface area contributed by atoms with Gasteiger partial charge in [0.15, 0.2) is 6.23 Å². The summed E-state index contributed by atoms with van der Waals surface area (Å²) in [5.74, 6) is 1.38. The Morgan fingerprint density at radius 2 is 2.06 bits per heavy atom. The minimum absolute atomic E-state index is 0.226. The number of nitrogens with zero attached hydrogens (tertiary/aromatic N) is 1. The van der Waals surface area contributed by atoms with E-state index >= 15 is 0 Å². The van der Waals surface area contributed by atoms with Crippen LogP contribution in [0.15, 0.2) is 5.18 Å². The Kier molecular flexibility index (Phi) is 2.33. The van der Waals surface area contributed by atoms with Gasteiger partial charge >= 0.3 is 0 Å². The summed E-state index contributed by atoms with van der Waals surface area (Å²) >= 11 is 0. The largest absolute Gasteiger partial charge is 0.393 e. The van der Waals surface area contributed by atoms with Gasteiger partial charge in [-0.05, 0) is 61.5 Å². The average Bonchev–Trinajstić information content (AvgIpc) is 2.52. The molecule has 5 unspecified atom stereocenters. The molecule has 0 aromatic carbocycles. The van der Waals surface area contributed by atoms with Gasteiger partial charge in [0, 0.05) is 5.41 Å². The lowest BCUT2D eigenvalue weighted by Gasteiger charge is -2.38. The van der Waals surface area contributed by atoms with Crippen LogP contribution in [-0.4, -0.2) is 22.5 Å². The van der Waals surface area contributed by atoms with Crippen molar-refractivity contribution in [3.63, 3.8) is 0 Å². The lowest BCUT2D eigenvalue weighted by Crippen LogP contribution is -2.37. The first-order chi connectivity index (χ1) is 7.64. The van der Waals surface area contributed by atoms with Gasteiger partial charge in [0.2, 0.25) is 0 Å². The molecule has 0 radical (unpaired) electrons. The molecule has 0 saturated heterocycles. The first kappa shape index (κ1) is 10.7. The van der Waals surface area contributed by atoms with Gasteiger partial charge in [-0.2, -0.15) is 0 Å². The Balaban J connectivity index is 1.93. The molecule has 4 heteroatoms. The molecular weight excluding hydrogens is 206 g/mol. The first-order valence-electron chi connectivity index (χ1n) is 6.33. The van der Waals surface area contributed by atoms with Crippen LogP contribution < -0.4 is 0 Å². The zero-order valence-electron chi connectivity index (χ0n) is 9.38. The zero-order chi connectivity index (χ0) is 11.3. The molecule has 3 aliphatic rings. The smallest absolute Gasteiger partial charge is 0.192 e. The van der Waals surface area contributed by atoms with Crippen LogP contribution in [0.3, 0.4) is 0 Å². The third-order valence-corrected chi connectivity index (χ3v) is 5.26.